The molecule has 132 valence electrons. The average molecular weight is 360 g/mol. The molecular formula is C17H20N4O3S. The van der Waals surface area contributed by atoms with Crippen molar-refractivity contribution in [3.63, 3.8) is 0 Å². The van der Waals surface area contributed by atoms with E-state index in [9.17, 15) is 9.59 Å². The summed E-state index contributed by atoms with van der Waals surface area (Å²) >= 11 is 1.36. The molecule has 1 unspecified atom stereocenters. The summed E-state index contributed by atoms with van der Waals surface area (Å²) in [5.41, 5.74) is 1.04. The third kappa shape index (κ3) is 3.96. The fourth-order valence-electron chi connectivity index (χ4n) is 2.84. The fraction of sp³-hybridized carbons (Fsp3) is 0.412. The fourth-order valence-corrected chi connectivity index (χ4v) is 3.55. The van der Waals surface area contributed by atoms with E-state index in [1.165, 1.54) is 11.3 Å². The first-order chi connectivity index (χ1) is 12.1. The minimum atomic E-state index is -0.352. The molecule has 2 aromatic rings. The molecular weight excluding hydrogens is 340 g/mol. The molecule has 1 atom stereocenters. The largest absolute Gasteiger partial charge is 0.496 e. The number of hydrogen-bond acceptors (Lipinski definition) is 6. The first-order valence-corrected chi connectivity index (χ1v) is 8.90. The monoisotopic (exact) mass is 360 g/mol. The second kappa shape index (κ2) is 7.60. The third-order valence-electron chi connectivity index (χ3n) is 4.13. The second-order valence-electron chi connectivity index (χ2n) is 5.86. The van der Waals surface area contributed by atoms with Gasteiger partial charge in [-0.1, -0.05) is 29.5 Å². The van der Waals surface area contributed by atoms with Crippen molar-refractivity contribution >= 4 is 28.3 Å². The van der Waals surface area contributed by atoms with E-state index in [4.69, 9.17) is 4.74 Å². The number of anilines is 1. The van der Waals surface area contributed by atoms with Crippen molar-refractivity contribution in [3.05, 3.63) is 34.8 Å². The van der Waals surface area contributed by atoms with Crippen LogP contribution in [0.25, 0.3) is 0 Å². The van der Waals surface area contributed by atoms with Gasteiger partial charge in [0.1, 0.15) is 10.8 Å². The maximum atomic E-state index is 12.4. The van der Waals surface area contributed by atoms with Crippen molar-refractivity contribution in [2.45, 2.75) is 19.8 Å². The summed E-state index contributed by atoms with van der Waals surface area (Å²) in [7, 11) is 1.63. The smallest absolute Gasteiger partial charge is 0.229 e. The number of hydrogen-bond donors (Lipinski definition) is 1. The van der Waals surface area contributed by atoms with Gasteiger partial charge < -0.3 is 10.1 Å². The van der Waals surface area contributed by atoms with E-state index in [2.05, 4.69) is 15.5 Å². The van der Waals surface area contributed by atoms with Crippen LogP contribution in [0.1, 0.15) is 17.0 Å². The van der Waals surface area contributed by atoms with Gasteiger partial charge in [0.15, 0.2) is 0 Å². The van der Waals surface area contributed by atoms with Crippen LogP contribution in [-0.2, 0) is 16.0 Å². The molecule has 1 aromatic heterocycles. The van der Waals surface area contributed by atoms with Gasteiger partial charge in [-0.25, -0.2) is 0 Å². The van der Waals surface area contributed by atoms with Crippen LogP contribution < -0.4 is 15.0 Å². The highest BCUT2D eigenvalue weighted by Crippen LogP contribution is 2.27. The zero-order valence-electron chi connectivity index (χ0n) is 14.2. The summed E-state index contributed by atoms with van der Waals surface area (Å²) in [5, 5.41) is 12.2. The first-order valence-electron chi connectivity index (χ1n) is 8.08. The van der Waals surface area contributed by atoms with E-state index in [0.29, 0.717) is 24.6 Å². The lowest BCUT2D eigenvalue weighted by atomic mass is 10.1. The van der Waals surface area contributed by atoms with Crippen LogP contribution in [0, 0.1) is 12.8 Å². The Balaban J connectivity index is 1.53. The highest BCUT2D eigenvalue weighted by Gasteiger charge is 2.36. The highest BCUT2D eigenvalue weighted by atomic mass is 32.1. The van der Waals surface area contributed by atoms with Crippen molar-refractivity contribution in [1.82, 2.24) is 15.5 Å². The number of carbonyl (C=O) groups is 2. The zero-order chi connectivity index (χ0) is 17.8. The number of nitrogens with zero attached hydrogens (tertiary/aromatic N) is 3. The maximum absolute atomic E-state index is 12.4. The van der Waals surface area contributed by atoms with E-state index in [0.717, 1.165) is 16.3 Å². The number of carbonyl (C=O) groups excluding carboxylic acids is 2. The molecule has 8 heteroatoms. The number of amides is 2. The van der Waals surface area contributed by atoms with Crippen LogP contribution in [-0.4, -0.2) is 42.2 Å². The van der Waals surface area contributed by atoms with Gasteiger partial charge in [0.25, 0.3) is 0 Å². The lowest BCUT2D eigenvalue weighted by Crippen LogP contribution is -2.34. The third-order valence-corrected chi connectivity index (χ3v) is 4.99. The van der Waals surface area contributed by atoms with Gasteiger partial charge in [-0.05, 0) is 25.0 Å². The standard InChI is InChI=1S/C17H20N4O3S/c1-11-19-20-17(25-11)21-10-13(9-15(21)22)16(23)18-8-7-12-5-3-4-6-14(12)24-2/h3-6,13H,7-10H2,1-2H3,(H,18,23). The molecule has 1 fully saturated rings. The molecule has 0 spiro atoms. The van der Waals surface area contributed by atoms with Crippen molar-refractivity contribution in [2.24, 2.45) is 5.92 Å². The topological polar surface area (TPSA) is 84.4 Å². The van der Waals surface area contributed by atoms with Gasteiger partial charge in [-0.15, -0.1) is 10.2 Å². The summed E-state index contributed by atoms with van der Waals surface area (Å²) in [4.78, 5) is 26.1. The maximum Gasteiger partial charge on any atom is 0.229 e. The number of methoxy groups -OCH3 is 1. The molecule has 2 heterocycles. The minimum absolute atomic E-state index is 0.0824. The number of ether oxygens (including phenoxy) is 1. The Bertz CT molecular complexity index is 777. The molecule has 0 saturated carbocycles. The summed E-state index contributed by atoms with van der Waals surface area (Å²) < 4.78 is 5.31. The number of rotatable bonds is 6. The van der Waals surface area contributed by atoms with Crippen LogP contribution in [0.15, 0.2) is 24.3 Å². The molecule has 1 aliphatic heterocycles. The Labute approximate surface area is 150 Å². The molecule has 1 aromatic carbocycles. The second-order valence-corrected chi connectivity index (χ2v) is 7.02. The summed E-state index contributed by atoms with van der Waals surface area (Å²) in [6, 6.07) is 7.73. The van der Waals surface area contributed by atoms with Gasteiger partial charge in [0, 0.05) is 19.5 Å². The quantitative estimate of drug-likeness (QED) is 0.845. The summed E-state index contributed by atoms with van der Waals surface area (Å²) in [5.74, 6) is 0.271. The molecule has 7 nitrogen and oxygen atoms in total. The molecule has 1 aliphatic rings. The summed E-state index contributed by atoms with van der Waals surface area (Å²) in [6.07, 6.45) is 0.884. The van der Waals surface area contributed by atoms with Crippen molar-refractivity contribution in [1.29, 1.82) is 0 Å². The normalized spacial score (nSPS) is 17.0. The van der Waals surface area contributed by atoms with Crippen molar-refractivity contribution < 1.29 is 14.3 Å². The number of aryl methyl sites for hydroxylation is 1. The minimum Gasteiger partial charge on any atom is -0.496 e. The molecule has 0 aliphatic carbocycles. The predicted octanol–water partition coefficient (Wildman–Crippen LogP) is 1.57. The first kappa shape index (κ1) is 17.3. The number of benzene rings is 1. The van der Waals surface area contributed by atoms with Crippen LogP contribution in [0.3, 0.4) is 0 Å². The summed E-state index contributed by atoms with van der Waals surface area (Å²) in [6.45, 7) is 2.69. The van der Waals surface area contributed by atoms with Gasteiger partial charge in [-0.2, -0.15) is 0 Å². The molecule has 1 saturated heterocycles. The molecule has 0 bridgehead atoms. The van der Waals surface area contributed by atoms with Crippen molar-refractivity contribution in [2.75, 3.05) is 25.1 Å². The average Bonchev–Trinajstić information content (AvgIpc) is 3.21. The van der Waals surface area contributed by atoms with Gasteiger partial charge in [-0.3, -0.25) is 14.5 Å². The van der Waals surface area contributed by atoms with Crippen LogP contribution >= 0.6 is 11.3 Å². The number of nitrogens with one attached hydrogen (secondary N) is 1. The predicted molar refractivity (Wildman–Crippen MR) is 94.8 cm³/mol. The van der Waals surface area contributed by atoms with E-state index < -0.39 is 0 Å². The molecule has 2 amide bonds. The SMILES string of the molecule is COc1ccccc1CCNC(=O)C1CC(=O)N(c2nnc(C)s2)C1. The molecule has 25 heavy (non-hydrogen) atoms. The van der Waals surface area contributed by atoms with Gasteiger partial charge >= 0.3 is 0 Å². The van der Waals surface area contributed by atoms with E-state index in [1.807, 2.05) is 31.2 Å². The van der Waals surface area contributed by atoms with Crippen LogP contribution in [0.5, 0.6) is 5.75 Å². The van der Waals surface area contributed by atoms with E-state index >= 15 is 0 Å². The molecule has 0 radical (unpaired) electrons. The Kier molecular flexibility index (Phi) is 5.28. The van der Waals surface area contributed by atoms with Gasteiger partial charge in [0.05, 0.1) is 13.0 Å². The van der Waals surface area contributed by atoms with E-state index in [1.54, 1.807) is 12.0 Å². The Hall–Kier alpha value is -2.48. The zero-order valence-corrected chi connectivity index (χ0v) is 15.0. The molecule has 1 N–H and O–H groups in total. The Morgan fingerprint density at radius 1 is 1.40 bits per heavy atom. The number of aromatic nitrogens is 2. The lowest BCUT2D eigenvalue weighted by Gasteiger charge is -2.13. The highest BCUT2D eigenvalue weighted by molar-refractivity contribution is 7.15. The van der Waals surface area contributed by atoms with Crippen LogP contribution in [0.4, 0.5) is 5.13 Å². The number of para-hydroxylation sites is 1. The Morgan fingerprint density at radius 3 is 2.92 bits per heavy atom. The van der Waals surface area contributed by atoms with Gasteiger partial charge in [0.2, 0.25) is 16.9 Å². The lowest BCUT2D eigenvalue weighted by molar-refractivity contribution is -0.126. The van der Waals surface area contributed by atoms with E-state index in [-0.39, 0.29) is 24.2 Å². The van der Waals surface area contributed by atoms with Crippen LogP contribution in [0.2, 0.25) is 0 Å². The molecule has 3 rings (SSSR count). The van der Waals surface area contributed by atoms with Crippen molar-refractivity contribution in [3.8, 4) is 5.75 Å². The Morgan fingerprint density at radius 2 is 2.20 bits per heavy atom.